The van der Waals surface area contributed by atoms with Crippen molar-refractivity contribution in [1.82, 2.24) is 15.5 Å². The summed E-state index contributed by atoms with van der Waals surface area (Å²) < 4.78 is 5.32. The molecule has 1 atom stereocenters. The summed E-state index contributed by atoms with van der Waals surface area (Å²) in [7, 11) is 4.18. The van der Waals surface area contributed by atoms with E-state index >= 15 is 0 Å². The van der Waals surface area contributed by atoms with Crippen molar-refractivity contribution in [2.75, 3.05) is 27.2 Å². The van der Waals surface area contributed by atoms with Crippen molar-refractivity contribution >= 4 is 29.9 Å². The van der Waals surface area contributed by atoms with E-state index in [-0.39, 0.29) is 30.0 Å². The molecule has 1 heterocycles. The smallest absolute Gasteiger partial charge is 0.191 e. The summed E-state index contributed by atoms with van der Waals surface area (Å²) >= 11 is 0. The van der Waals surface area contributed by atoms with Crippen LogP contribution in [0.15, 0.2) is 58.1 Å². The average molecular weight is 442 g/mol. The van der Waals surface area contributed by atoms with Crippen molar-refractivity contribution in [2.45, 2.75) is 19.5 Å². The number of guanidine groups is 1. The zero-order valence-electron chi connectivity index (χ0n) is 14.5. The summed E-state index contributed by atoms with van der Waals surface area (Å²) in [5, 5.41) is 6.69. The molecule has 24 heavy (non-hydrogen) atoms. The third-order valence-electron chi connectivity index (χ3n) is 3.59. The minimum Gasteiger partial charge on any atom is -0.467 e. The Kier molecular flexibility index (Phi) is 9.48. The van der Waals surface area contributed by atoms with E-state index in [4.69, 9.17) is 4.42 Å². The van der Waals surface area contributed by atoms with E-state index < -0.39 is 0 Å². The number of rotatable bonds is 7. The van der Waals surface area contributed by atoms with Gasteiger partial charge in [-0.3, -0.25) is 0 Å². The Morgan fingerprint density at radius 2 is 1.88 bits per heavy atom. The lowest BCUT2D eigenvalue weighted by atomic mass is 10.1. The van der Waals surface area contributed by atoms with Crippen LogP contribution in [-0.2, 0) is 6.54 Å². The van der Waals surface area contributed by atoms with E-state index in [0.717, 1.165) is 24.8 Å². The maximum Gasteiger partial charge on any atom is 0.191 e. The Balaban J connectivity index is 0.00000288. The number of hydrogen-bond acceptors (Lipinski definition) is 3. The molecule has 0 saturated heterocycles. The Bertz CT molecular complexity index is 584. The average Bonchev–Trinajstić information content (AvgIpc) is 3.07. The van der Waals surface area contributed by atoms with Crippen LogP contribution in [0.4, 0.5) is 0 Å². The van der Waals surface area contributed by atoms with Crippen LogP contribution in [0.5, 0.6) is 0 Å². The summed E-state index contributed by atoms with van der Waals surface area (Å²) in [6.45, 7) is 4.19. The Labute approximate surface area is 161 Å². The second kappa shape index (κ2) is 11.1. The minimum atomic E-state index is 0. The highest BCUT2D eigenvalue weighted by Crippen LogP contribution is 2.16. The van der Waals surface area contributed by atoms with Gasteiger partial charge in [0.1, 0.15) is 12.3 Å². The number of furan rings is 1. The van der Waals surface area contributed by atoms with Crippen molar-refractivity contribution in [3.63, 3.8) is 0 Å². The van der Waals surface area contributed by atoms with Gasteiger partial charge in [0.25, 0.3) is 0 Å². The molecule has 2 rings (SSSR count). The van der Waals surface area contributed by atoms with E-state index in [1.165, 1.54) is 5.56 Å². The molecule has 0 spiro atoms. The lowest BCUT2D eigenvalue weighted by Gasteiger charge is -2.26. The van der Waals surface area contributed by atoms with Crippen LogP contribution in [-0.4, -0.2) is 38.0 Å². The summed E-state index contributed by atoms with van der Waals surface area (Å²) in [6.07, 6.45) is 1.67. The highest BCUT2D eigenvalue weighted by atomic mass is 127. The zero-order valence-corrected chi connectivity index (χ0v) is 16.9. The summed E-state index contributed by atoms with van der Waals surface area (Å²) in [4.78, 5) is 6.77. The summed E-state index contributed by atoms with van der Waals surface area (Å²) in [5.74, 6) is 1.65. The molecule has 1 aromatic heterocycles. The Morgan fingerprint density at radius 1 is 1.12 bits per heavy atom. The number of aliphatic imine (C=N–C) groups is 1. The molecule has 0 aliphatic carbocycles. The number of nitrogens with zero attached hydrogens (tertiary/aromatic N) is 2. The number of nitrogens with one attached hydrogen (secondary N) is 2. The minimum absolute atomic E-state index is 0. The van der Waals surface area contributed by atoms with Gasteiger partial charge in [0.05, 0.1) is 12.3 Å². The van der Waals surface area contributed by atoms with E-state index in [0.29, 0.717) is 6.54 Å². The lowest BCUT2D eigenvalue weighted by Crippen LogP contribution is -2.41. The van der Waals surface area contributed by atoms with E-state index in [2.05, 4.69) is 65.8 Å². The highest BCUT2D eigenvalue weighted by Gasteiger charge is 2.14. The molecule has 0 saturated carbocycles. The SMILES string of the molecule is CCNC(=NCc1ccco1)NCC(c1ccccc1)N(C)C.I. The topological polar surface area (TPSA) is 52.8 Å². The van der Waals surface area contributed by atoms with Gasteiger partial charge in [-0.2, -0.15) is 0 Å². The lowest BCUT2D eigenvalue weighted by molar-refractivity contribution is 0.298. The number of halogens is 1. The molecule has 0 fully saturated rings. The zero-order chi connectivity index (χ0) is 16.5. The molecule has 2 N–H and O–H groups in total. The molecule has 6 heteroatoms. The van der Waals surface area contributed by atoms with Crippen molar-refractivity contribution in [3.05, 3.63) is 60.1 Å². The quantitative estimate of drug-likeness (QED) is 0.393. The molecule has 0 bridgehead atoms. The van der Waals surface area contributed by atoms with Crippen molar-refractivity contribution in [3.8, 4) is 0 Å². The van der Waals surface area contributed by atoms with Crippen LogP contribution in [0.25, 0.3) is 0 Å². The Hall–Kier alpha value is -1.54. The van der Waals surface area contributed by atoms with Gasteiger partial charge in [-0.25, -0.2) is 4.99 Å². The van der Waals surface area contributed by atoms with Gasteiger partial charge >= 0.3 is 0 Å². The summed E-state index contributed by atoms with van der Waals surface area (Å²) in [5.41, 5.74) is 1.28. The fraction of sp³-hybridized carbons (Fsp3) is 0.389. The first kappa shape index (κ1) is 20.5. The van der Waals surface area contributed by atoms with Crippen molar-refractivity contribution in [1.29, 1.82) is 0 Å². The molecule has 0 radical (unpaired) electrons. The van der Waals surface area contributed by atoms with Gasteiger partial charge in [-0.05, 0) is 38.7 Å². The molecular weight excluding hydrogens is 415 g/mol. The van der Waals surface area contributed by atoms with Crippen LogP contribution in [0.1, 0.15) is 24.3 Å². The monoisotopic (exact) mass is 442 g/mol. The van der Waals surface area contributed by atoms with Crippen LogP contribution in [0, 0.1) is 0 Å². The normalized spacial score (nSPS) is 12.6. The molecule has 1 aromatic carbocycles. The van der Waals surface area contributed by atoms with Crippen LogP contribution >= 0.6 is 24.0 Å². The molecule has 2 aromatic rings. The first-order valence-electron chi connectivity index (χ1n) is 7.96. The van der Waals surface area contributed by atoms with Crippen LogP contribution in [0.2, 0.25) is 0 Å². The largest absolute Gasteiger partial charge is 0.467 e. The predicted molar refractivity (Wildman–Crippen MR) is 110 cm³/mol. The van der Waals surface area contributed by atoms with Crippen molar-refractivity contribution < 1.29 is 4.42 Å². The third-order valence-corrected chi connectivity index (χ3v) is 3.59. The summed E-state index contributed by atoms with van der Waals surface area (Å²) in [6, 6.07) is 14.6. The number of benzene rings is 1. The first-order chi connectivity index (χ1) is 11.2. The molecule has 5 nitrogen and oxygen atoms in total. The number of likely N-dealkylation sites (N-methyl/N-ethyl adjacent to an activating group) is 1. The third kappa shape index (κ3) is 6.52. The number of hydrogen-bond donors (Lipinski definition) is 2. The fourth-order valence-corrected chi connectivity index (χ4v) is 2.37. The molecule has 132 valence electrons. The molecule has 1 unspecified atom stereocenters. The van der Waals surface area contributed by atoms with E-state index in [9.17, 15) is 0 Å². The van der Waals surface area contributed by atoms with Gasteiger partial charge in [0.15, 0.2) is 5.96 Å². The van der Waals surface area contributed by atoms with Gasteiger partial charge in [0, 0.05) is 13.1 Å². The van der Waals surface area contributed by atoms with Gasteiger partial charge in [-0.15, -0.1) is 24.0 Å². The second-order valence-electron chi connectivity index (χ2n) is 5.55. The van der Waals surface area contributed by atoms with Crippen LogP contribution in [0.3, 0.4) is 0 Å². The maximum atomic E-state index is 5.32. The standard InChI is InChI=1S/C18H26N4O.HI/c1-4-19-18(20-13-16-11-8-12-23-16)21-14-17(22(2)3)15-9-6-5-7-10-15;/h5-12,17H,4,13-14H2,1-3H3,(H2,19,20,21);1H. The van der Waals surface area contributed by atoms with E-state index in [1.54, 1.807) is 6.26 Å². The Morgan fingerprint density at radius 3 is 2.46 bits per heavy atom. The first-order valence-corrected chi connectivity index (χ1v) is 7.96. The highest BCUT2D eigenvalue weighted by molar-refractivity contribution is 14.0. The van der Waals surface area contributed by atoms with Gasteiger partial charge in [0.2, 0.25) is 0 Å². The molecular formula is C18H27IN4O. The van der Waals surface area contributed by atoms with E-state index in [1.807, 2.05) is 18.2 Å². The molecule has 0 aliphatic heterocycles. The maximum absolute atomic E-state index is 5.32. The predicted octanol–water partition coefficient (Wildman–Crippen LogP) is 3.26. The molecule has 0 amide bonds. The second-order valence-corrected chi connectivity index (χ2v) is 5.55. The van der Waals surface area contributed by atoms with Gasteiger partial charge in [-0.1, -0.05) is 30.3 Å². The molecule has 0 aliphatic rings. The fourth-order valence-electron chi connectivity index (χ4n) is 2.37. The van der Waals surface area contributed by atoms with Gasteiger partial charge < -0.3 is 20.0 Å². The van der Waals surface area contributed by atoms with Crippen LogP contribution < -0.4 is 10.6 Å². The van der Waals surface area contributed by atoms with Crippen molar-refractivity contribution in [2.24, 2.45) is 4.99 Å².